The van der Waals surface area contributed by atoms with Gasteiger partial charge < -0.3 is 5.11 Å². The molecule has 1 heterocycles. The molecule has 1 aliphatic rings. The van der Waals surface area contributed by atoms with Gasteiger partial charge in [0.2, 0.25) is 0 Å². The molecule has 0 bridgehead atoms. The number of nitrogens with one attached hydrogen (secondary N) is 1. The van der Waals surface area contributed by atoms with Crippen LogP contribution in [-0.4, -0.2) is 11.1 Å². The quantitative estimate of drug-likeness (QED) is 0.581. The van der Waals surface area contributed by atoms with Gasteiger partial charge in [0.05, 0.1) is 10.4 Å². The van der Waals surface area contributed by atoms with E-state index in [1.54, 1.807) is 18.2 Å². The number of hydrogen-bond acceptors (Lipinski definition) is 4. The lowest BCUT2D eigenvalue weighted by Crippen LogP contribution is -2.22. The normalized spacial score (nSPS) is 16.0. The summed E-state index contributed by atoms with van der Waals surface area (Å²) in [6.07, 6.45) is 2.57. The van der Waals surface area contributed by atoms with Crippen molar-refractivity contribution in [3.8, 4) is 10.4 Å². The zero-order valence-electron chi connectivity index (χ0n) is 13.8. The molecule has 2 aromatic rings. The van der Waals surface area contributed by atoms with Crippen molar-refractivity contribution < 1.29 is 14.3 Å². The molecule has 0 spiro atoms. The summed E-state index contributed by atoms with van der Waals surface area (Å²) < 4.78 is 14.8. The Hall–Kier alpha value is -1.76. The van der Waals surface area contributed by atoms with E-state index in [0.29, 0.717) is 22.4 Å². The first kappa shape index (κ1) is 17.1. The number of rotatable bonds is 4. The Morgan fingerprint density at radius 3 is 2.88 bits per heavy atom. The smallest absolute Gasteiger partial charge is 0.337 e. The lowest BCUT2D eigenvalue weighted by atomic mass is 9.76. The molecule has 128 valence electrons. The van der Waals surface area contributed by atoms with E-state index in [1.807, 2.05) is 0 Å². The van der Waals surface area contributed by atoms with Crippen LogP contribution < -0.4 is 11.3 Å². The van der Waals surface area contributed by atoms with Crippen LogP contribution in [0.15, 0.2) is 18.2 Å². The number of fused-ring (bicyclic) bond motifs is 1. The van der Waals surface area contributed by atoms with Gasteiger partial charge in [-0.3, -0.25) is 11.3 Å². The van der Waals surface area contributed by atoms with Crippen LogP contribution in [-0.2, 0) is 19.4 Å². The number of aryl methyl sites for hydroxylation is 1. The highest BCUT2D eigenvalue weighted by molar-refractivity contribution is 7.16. The Morgan fingerprint density at radius 2 is 2.21 bits per heavy atom. The Kier molecular flexibility index (Phi) is 4.46. The molecule has 0 aliphatic heterocycles. The molecule has 0 radical (unpaired) electrons. The molecule has 0 amide bonds. The highest BCUT2D eigenvalue weighted by Gasteiger charge is 2.33. The number of halogens is 1. The number of carboxylic acids is 1. The van der Waals surface area contributed by atoms with Gasteiger partial charge in [0.25, 0.3) is 0 Å². The molecule has 0 atom stereocenters. The van der Waals surface area contributed by atoms with Crippen LogP contribution >= 0.6 is 11.3 Å². The average Bonchev–Trinajstić information content (AvgIpc) is 2.86. The zero-order valence-corrected chi connectivity index (χ0v) is 14.6. The van der Waals surface area contributed by atoms with Crippen molar-refractivity contribution in [1.29, 1.82) is 0 Å². The second kappa shape index (κ2) is 6.27. The van der Waals surface area contributed by atoms with Crippen molar-refractivity contribution in [3.05, 3.63) is 45.6 Å². The first-order valence-electron chi connectivity index (χ1n) is 7.93. The largest absolute Gasteiger partial charge is 0.478 e. The number of benzene rings is 1. The SMILES string of the molecule is CC1(C)CCc2sc(-c3cccc(CNN)c3F)c(C(=O)O)c2C1. The van der Waals surface area contributed by atoms with Gasteiger partial charge in [-0.1, -0.05) is 32.0 Å². The topological polar surface area (TPSA) is 75.3 Å². The molecule has 24 heavy (non-hydrogen) atoms. The minimum absolute atomic E-state index is 0.0689. The predicted octanol–water partition coefficient (Wildman–Crippen LogP) is 3.73. The van der Waals surface area contributed by atoms with Crippen molar-refractivity contribution >= 4 is 17.3 Å². The molecule has 1 aromatic heterocycles. The number of aromatic carboxylic acids is 1. The Morgan fingerprint density at radius 1 is 1.46 bits per heavy atom. The number of hydrogen-bond donors (Lipinski definition) is 3. The Labute approximate surface area is 144 Å². The van der Waals surface area contributed by atoms with Crippen molar-refractivity contribution in [2.75, 3.05) is 0 Å². The molecule has 1 aliphatic carbocycles. The van der Waals surface area contributed by atoms with E-state index in [-0.39, 0.29) is 17.5 Å². The van der Waals surface area contributed by atoms with E-state index in [1.165, 1.54) is 11.3 Å². The predicted molar refractivity (Wildman–Crippen MR) is 93.5 cm³/mol. The van der Waals surface area contributed by atoms with Gasteiger partial charge >= 0.3 is 5.97 Å². The maximum absolute atomic E-state index is 14.8. The summed E-state index contributed by atoms with van der Waals surface area (Å²) >= 11 is 1.41. The van der Waals surface area contributed by atoms with E-state index in [9.17, 15) is 14.3 Å². The fourth-order valence-electron chi connectivity index (χ4n) is 3.34. The highest BCUT2D eigenvalue weighted by Crippen LogP contribution is 2.45. The van der Waals surface area contributed by atoms with Gasteiger partial charge in [0, 0.05) is 22.5 Å². The van der Waals surface area contributed by atoms with Gasteiger partial charge in [-0.05, 0) is 30.2 Å². The third kappa shape index (κ3) is 2.97. The maximum Gasteiger partial charge on any atom is 0.337 e. The van der Waals surface area contributed by atoms with Crippen LogP contribution in [0.2, 0.25) is 0 Å². The van der Waals surface area contributed by atoms with E-state index in [0.717, 1.165) is 23.3 Å². The molecule has 0 saturated carbocycles. The second-order valence-electron chi connectivity index (χ2n) is 7.01. The van der Waals surface area contributed by atoms with Crippen molar-refractivity contribution in [1.82, 2.24) is 5.43 Å². The second-order valence-corrected chi connectivity index (χ2v) is 8.12. The summed E-state index contributed by atoms with van der Waals surface area (Å²) in [4.78, 5) is 13.5. The van der Waals surface area contributed by atoms with Gasteiger partial charge in [0.1, 0.15) is 5.82 Å². The summed E-state index contributed by atoms with van der Waals surface area (Å²) in [7, 11) is 0. The van der Waals surface area contributed by atoms with Crippen LogP contribution in [0.5, 0.6) is 0 Å². The molecule has 6 heteroatoms. The minimum atomic E-state index is -0.984. The number of carbonyl (C=O) groups is 1. The first-order chi connectivity index (χ1) is 11.3. The van der Waals surface area contributed by atoms with Crippen LogP contribution in [0, 0.1) is 11.2 Å². The van der Waals surface area contributed by atoms with E-state index >= 15 is 0 Å². The molecule has 4 N–H and O–H groups in total. The van der Waals surface area contributed by atoms with Crippen LogP contribution in [0.4, 0.5) is 4.39 Å². The standard InChI is InChI=1S/C18H21FN2O2S/c1-18(2)7-6-13-12(8-18)14(17(22)23)16(24-13)11-5-3-4-10(9-21-20)15(11)19/h3-5,21H,6-9,20H2,1-2H3,(H,22,23). The Balaban J connectivity index is 2.18. The van der Waals surface area contributed by atoms with Gasteiger partial charge in [0.15, 0.2) is 0 Å². The van der Waals surface area contributed by atoms with Gasteiger partial charge in [-0.2, -0.15) is 0 Å². The molecule has 0 saturated heterocycles. The molecule has 0 fully saturated rings. The summed E-state index contributed by atoms with van der Waals surface area (Å²) in [6.45, 7) is 4.49. The monoisotopic (exact) mass is 348 g/mol. The fourth-order valence-corrected chi connectivity index (χ4v) is 4.67. The van der Waals surface area contributed by atoms with Crippen molar-refractivity contribution in [2.45, 2.75) is 39.7 Å². The number of carboxylic acid groups (broad SMARTS) is 1. The molecular formula is C18H21FN2O2S. The molecule has 4 nitrogen and oxygen atoms in total. The van der Waals surface area contributed by atoms with Crippen LogP contribution in [0.25, 0.3) is 10.4 Å². The summed E-state index contributed by atoms with van der Waals surface area (Å²) in [5.74, 6) is 3.91. The Bertz CT molecular complexity index is 799. The van der Waals surface area contributed by atoms with E-state index in [4.69, 9.17) is 5.84 Å². The summed E-state index contributed by atoms with van der Waals surface area (Å²) in [5, 5.41) is 9.76. The van der Waals surface area contributed by atoms with Crippen molar-refractivity contribution in [3.63, 3.8) is 0 Å². The third-order valence-electron chi connectivity index (χ3n) is 4.60. The van der Waals surface area contributed by atoms with E-state index < -0.39 is 11.8 Å². The molecule has 3 rings (SSSR count). The van der Waals surface area contributed by atoms with Crippen LogP contribution in [0.1, 0.15) is 46.6 Å². The number of thiophene rings is 1. The van der Waals surface area contributed by atoms with E-state index in [2.05, 4.69) is 19.3 Å². The summed E-state index contributed by atoms with van der Waals surface area (Å²) in [5.41, 5.74) is 4.43. The van der Waals surface area contributed by atoms with Gasteiger partial charge in [-0.15, -0.1) is 11.3 Å². The fraction of sp³-hybridized carbons (Fsp3) is 0.389. The molecular weight excluding hydrogens is 327 g/mol. The van der Waals surface area contributed by atoms with Crippen molar-refractivity contribution in [2.24, 2.45) is 11.3 Å². The molecule has 0 unspecified atom stereocenters. The zero-order chi connectivity index (χ0) is 17.5. The van der Waals surface area contributed by atoms with Gasteiger partial charge in [-0.25, -0.2) is 9.18 Å². The molecule has 1 aromatic carbocycles. The summed E-state index contributed by atoms with van der Waals surface area (Å²) in [6, 6.07) is 5.03. The average molecular weight is 348 g/mol. The highest BCUT2D eigenvalue weighted by atomic mass is 32.1. The number of hydrazine groups is 1. The lowest BCUT2D eigenvalue weighted by molar-refractivity contribution is 0.0696. The third-order valence-corrected chi connectivity index (χ3v) is 5.93. The first-order valence-corrected chi connectivity index (χ1v) is 8.75. The minimum Gasteiger partial charge on any atom is -0.478 e. The van der Waals surface area contributed by atoms with Crippen LogP contribution in [0.3, 0.4) is 0 Å². The lowest BCUT2D eigenvalue weighted by Gasteiger charge is -2.29. The number of nitrogens with two attached hydrogens (primary N) is 1. The maximum atomic E-state index is 14.8.